The van der Waals surface area contributed by atoms with Gasteiger partial charge >= 0.3 is 0 Å². The molecule has 2 aliphatic heterocycles. The van der Waals surface area contributed by atoms with Crippen LogP contribution in [-0.2, 0) is 25.7 Å². The molecule has 2 heterocycles. The molecule has 0 N–H and O–H groups in total. The highest BCUT2D eigenvalue weighted by atomic mass is 15.2. The monoisotopic (exact) mass is 814 g/mol. The molecule has 0 bridgehead atoms. The first-order valence-corrected chi connectivity index (χ1v) is 23.6. The van der Waals surface area contributed by atoms with E-state index in [4.69, 9.17) is 0 Å². The van der Waals surface area contributed by atoms with Crippen LogP contribution in [0.1, 0.15) is 75.6 Å². The summed E-state index contributed by atoms with van der Waals surface area (Å²) in [6.45, 7) is 9.28. The molecule has 2 aliphatic rings. The number of hydrogen-bond acceptors (Lipinski definition) is 2. The van der Waals surface area contributed by atoms with Gasteiger partial charge in [0.2, 0.25) is 0 Å². The lowest BCUT2D eigenvalue weighted by atomic mass is 9.33. The van der Waals surface area contributed by atoms with Crippen molar-refractivity contribution in [1.29, 1.82) is 0 Å². The lowest BCUT2D eigenvalue weighted by molar-refractivity contribution is 0.921. The van der Waals surface area contributed by atoms with Gasteiger partial charge in [-0.1, -0.05) is 169 Å². The number of anilines is 6. The third-order valence-corrected chi connectivity index (χ3v) is 13.9. The predicted molar refractivity (Wildman–Crippen MR) is 274 cm³/mol. The predicted octanol–water partition coefficient (Wildman–Crippen LogP) is 14.7. The van der Waals surface area contributed by atoms with E-state index < -0.39 is 0 Å². The van der Waals surface area contributed by atoms with E-state index in [2.05, 4.69) is 201 Å². The highest BCUT2D eigenvalue weighted by molar-refractivity contribution is 7.00. The molecule has 0 saturated heterocycles. The average Bonchev–Trinajstić information content (AvgIpc) is 3.32. The number of nitrogens with zero attached hydrogens (tertiary/aromatic N) is 2. The maximum Gasteiger partial charge on any atom is 0.252 e. The lowest BCUT2D eigenvalue weighted by Crippen LogP contribution is -2.61. The van der Waals surface area contributed by atoms with Crippen LogP contribution >= 0.6 is 0 Å². The number of fused-ring (bicyclic) bond motifs is 10. The molecule has 0 amide bonds. The van der Waals surface area contributed by atoms with Gasteiger partial charge in [-0.25, -0.2) is 0 Å². The van der Waals surface area contributed by atoms with Crippen LogP contribution in [0.5, 0.6) is 0 Å². The Kier molecular flexibility index (Phi) is 10.2. The van der Waals surface area contributed by atoms with E-state index >= 15 is 0 Å². The fraction of sp³-hybridized carbons (Fsp3) is 0.200. The minimum absolute atomic E-state index is 0.109. The van der Waals surface area contributed by atoms with Gasteiger partial charge in [-0.05, 0) is 156 Å². The zero-order valence-electron chi connectivity index (χ0n) is 37.2. The molecule has 0 atom stereocenters. The molecule has 0 unspecified atom stereocenters. The van der Waals surface area contributed by atoms with Crippen LogP contribution in [0.15, 0.2) is 164 Å². The van der Waals surface area contributed by atoms with Gasteiger partial charge in [-0.3, -0.25) is 0 Å². The SMILES string of the molecule is CCCc1ccc(N2c3ccc(CCC)cc3B3c4cc(CCC)ccc4N(c4ccc(CCC)c(-c5cccc6c7ccccc7c7ccccc7c56)c4)c4cccc2c43)cc1. The Balaban J connectivity index is 1.18. The van der Waals surface area contributed by atoms with Gasteiger partial charge in [-0.2, -0.15) is 0 Å². The Hall–Kier alpha value is -6.58. The van der Waals surface area contributed by atoms with Crippen LogP contribution in [-0.4, -0.2) is 6.71 Å². The third-order valence-electron chi connectivity index (χ3n) is 13.9. The van der Waals surface area contributed by atoms with Crippen molar-refractivity contribution in [3.05, 3.63) is 186 Å². The Bertz CT molecular complexity index is 3150. The molecule has 0 fully saturated rings. The summed E-state index contributed by atoms with van der Waals surface area (Å²) in [6.07, 6.45) is 8.70. The number of benzene rings is 9. The first kappa shape index (κ1) is 39.3. The molecule has 308 valence electrons. The molecule has 0 aromatic heterocycles. The summed E-state index contributed by atoms with van der Waals surface area (Å²) < 4.78 is 0. The lowest BCUT2D eigenvalue weighted by Gasteiger charge is -2.44. The van der Waals surface area contributed by atoms with Crippen molar-refractivity contribution in [2.45, 2.75) is 79.1 Å². The second-order valence-corrected chi connectivity index (χ2v) is 17.9. The van der Waals surface area contributed by atoms with Crippen LogP contribution in [0.3, 0.4) is 0 Å². The fourth-order valence-corrected chi connectivity index (χ4v) is 11.2. The number of hydrogen-bond donors (Lipinski definition) is 0. The molecule has 9 aromatic carbocycles. The maximum atomic E-state index is 2.60. The Morgan fingerprint density at radius 1 is 0.365 bits per heavy atom. The first-order chi connectivity index (χ1) is 31.1. The van der Waals surface area contributed by atoms with Gasteiger partial charge in [0.15, 0.2) is 0 Å². The van der Waals surface area contributed by atoms with Gasteiger partial charge in [0.05, 0.1) is 0 Å². The average molecular weight is 815 g/mol. The molecule has 0 spiro atoms. The molecule has 63 heavy (non-hydrogen) atoms. The minimum Gasteiger partial charge on any atom is -0.311 e. The Labute approximate surface area is 373 Å². The first-order valence-electron chi connectivity index (χ1n) is 23.6. The minimum atomic E-state index is 0.109. The van der Waals surface area contributed by atoms with Crippen molar-refractivity contribution in [3.63, 3.8) is 0 Å². The van der Waals surface area contributed by atoms with E-state index in [1.807, 2.05) is 0 Å². The van der Waals surface area contributed by atoms with E-state index in [1.54, 1.807) is 0 Å². The Morgan fingerprint density at radius 3 is 1.43 bits per heavy atom. The van der Waals surface area contributed by atoms with Crippen LogP contribution in [0, 0.1) is 0 Å². The molecule has 2 nitrogen and oxygen atoms in total. The standard InChI is InChI=1S/C60H55BN2/c1-5-15-40-27-32-44(33-28-40)62-55-35-29-41(16-6-2)37-53(55)61-54-38-42(17-7-3)30-36-56(54)63(58-26-14-25-57(62)60(58)61)45-34-31-43(18-8-4)52(39-45)51-24-13-23-50-48-20-10-9-19-46(48)47-21-11-12-22-49(47)59(50)51/h9-14,19-39H,5-8,15-18H2,1-4H3. The smallest absolute Gasteiger partial charge is 0.252 e. The van der Waals surface area contributed by atoms with Crippen LogP contribution < -0.4 is 26.2 Å². The van der Waals surface area contributed by atoms with Gasteiger partial charge in [0.1, 0.15) is 0 Å². The zero-order valence-corrected chi connectivity index (χ0v) is 37.2. The van der Waals surface area contributed by atoms with Crippen molar-refractivity contribution < 1.29 is 0 Å². The highest BCUT2D eigenvalue weighted by Gasteiger charge is 2.43. The van der Waals surface area contributed by atoms with Crippen LogP contribution in [0.2, 0.25) is 0 Å². The van der Waals surface area contributed by atoms with Gasteiger partial charge in [0, 0.05) is 34.1 Å². The van der Waals surface area contributed by atoms with Crippen molar-refractivity contribution in [2.24, 2.45) is 0 Å². The molecule has 9 aromatic rings. The van der Waals surface area contributed by atoms with E-state index in [9.17, 15) is 0 Å². The zero-order chi connectivity index (χ0) is 42.6. The Morgan fingerprint density at radius 2 is 0.841 bits per heavy atom. The summed E-state index contributed by atoms with van der Waals surface area (Å²) in [5, 5.41) is 7.88. The van der Waals surface area contributed by atoms with Crippen molar-refractivity contribution in [2.75, 3.05) is 9.80 Å². The molecule has 0 saturated carbocycles. The summed E-state index contributed by atoms with van der Waals surface area (Å²) in [4.78, 5) is 5.15. The summed E-state index contributed by atoms with van der Waals surface area (Å²) >= 11 is 0. The summed E-state index contributed by atoms with van der Waals surface area (Å²) in [7, 11) is 0. The fourth-order valence-electron chi connectivity index (χ4n) is 11.2. The van der Waals surface area contributed by atoms with Gasteiger partial charge < -0.3 is 9.80 Å². The quantitative estimate of drug-likeness (QED) is 0.0948. The van der Waals surface area contributed by atoms with E-state index in [0.29, 0.717) is 0 Å². The van der Waals surface area contributed by atoms with Crippen LogP contribution in [0.4, 0.5) is 34.1 Å². The second kappa shape index (κ2) is 16.3. The molecule has 0 aliphatic carbocycles. The van der Waals surface area contributed by atoms with Crippen molar-refractivity contribution in [1.82, 2.24) is 0 Å². The number of aryl methyl sites for hydroxylation is 4. The number of rotatable bonds is 11. The van der Waals surface area contributed by atoms with E-state index in [1.165, 1.54) is 116 Å². The summed E-state index contributed by atoms with van der Waals surface area (Å²) in [6, 6.07) is 63.4. The van der Waals surface area contributed by atoms with Gasteiger partial charge in [0.25, 0.3) is 6.71 Å². The normalized spacial score (nSPS) is 12.9. The molecular formula is C60H55BN2. The summed E-state index contributed by atoms with van der Waals surface area (Å²) in [5.74, 6) is 0. The molecular weight excluding hydrogens is 759 g/mol. The van der Waals surface area contributed by atoms with Crippen molar-refractivity contribution >= 4 is 89.5 Å². The van der Waals surface area contributed by atoms with Crippen molar-refractivity contribution in [3.8, 4) is 11.1 Å². The molecule has 11 rings (SSSR count). The van der Waals surface area contributed by atoms with E-state index in [-0.39, 0.29) is 6.71 Å². The van der Waals surface area contributed by atoms with Gasteiger partial charge in [-0.15, -0.1) is 0 Å². The topological polar surface area (TPSA) is 6.48 Å². The maximum absolute atomic E-state index is 2.60. The van der Waals surface area contributed by atoms with Crippen LogP contribution in [0.25, 0.3) is 43.4 Å². The highest BCUT2D eigenvalue weighted by Crippen LogP contribution is 2.47. The summed E-state index contributed by atoms with van der Waals surface area (Å²) in [5.41, 5.74) is 19.9. The van der Waals surface area contributed by atoms with E-state index in [0.717, 1.165) is 51.4 Å². The third kappa shape index (κ3) is 6.47. The molecule has 3 heteroatoms. The molecule has 0 radical (unpaired) electrons. The largest absolute Gasteiger partial charge is 0.311 e. The second-order valence-electron chi connectivity index (χ2n) is 17.9.